The van der Waals surface area contributed by atoms with E-state index in [1.165, 1.54) is 0 Å². The zero-order valence-electron chi connectivity index (χ0n) is 22.4. The van der Waals surface area contributed by atoms with Crippen molar-refractivity contribution >= 4 is 40.3 Å². The van der Waals surface area contributed by atoms with Crippen molar-refractivity contribution < 1.29 is 24.2 Å². The summed E-state index contributed by atoms with van der Waals surface area (Å²) in [5, 5.41) is 11.4. The first-order chi connectivity index (χ1) is 20.4. The average molecular weight is 577 g/mol. The van der Waals surface area contributed by atoms with Gasteiger partial charge in [-0.25, -0.2) is 14.6 Å². The summed E-state index contributed by atoms with van der Waals surface area (Å²) in [6.07, 6.45) is 0.798. The molecule has 0 unspecified atom stereocenters. The summed E-state index contributed by atoms with van der Waals surface area (Å²) >= 11 is 6.10. The maximum atomic E-state index is 13.3. The quantitative estimate of drug-likeness (QED) is 0.229. The molecule has 0 saturated carbocycles. The number of carbonyl (C=O) groups is 3. The molecule has 1 N–H and O–H groups in total. The molecule has 8 heteroatoms. The lowest BCUT2D eigenvalue weighted by atomic mass is 9.93. The number of aromatic carboxylic acids is 1. The van der Waals surface area contributed by atoms with Crippen LogP contribution in [0.1, 0.15) is 53.5 Å². The third-order valence-corrected chi connectivity index (χ3v) is 7.65. The highest BCUT2D eigenvalue weighted by molar-refractivity contribution is 6.30. The number of fused-ring (bicyclic) bond motifs is 3. The second kappa shape index (κ2) is 11.5. The van der Waals surface area contributed by atoms with Gasteiger partial charge in [-0.15, -0.1) is 0 Å². The Kier molecular flexibility index (Phi) is 7.42. The SMILES string of the molecule is O=C(Oc1c(Cc2ccc(Cl)cc2)nc2c3c(ccc2c1C(=O)O)CCN(C(=O)c1ccccc1)C3)c1ccccc1. The van der Waals surface area contributed by atoms with Crippen molar-refractivity contribution in [3.63, 3.8) is 0 Å². The summed E-state index contributed by atoms with van der Waals surface area (Å²) in [7, 11) is 0. The fraction of sp³-hybridized carbons (Fsp3) is 0.118. The van der Waals surface area contributed by atoms with Crippen molar-refractivity contribution in [2.24, 2.45) is 0 Å². The number of carboxylic acid groups (broad SMARTS) is 1. The Labute approximate surface area is 247 Å². The molecule has 0 radical (unpaired) electrons. The van der Waals surface area contributed by atoms with Crippen LogP contribution in [0.5, 0.6) is 5.75 Å². The number of benzene rings is 4. The molecule has 2 heterocycles. The van der Waals surface area contributed by atoms with Gasteiger partial charge in [0.2, 0.25) is 0 Å². The Bertz CT molecular complexity index is 1820. The molecular weight excluding hydrogens is 552 g/mol. The molecule has 0 fully saturated rings. The number of amides is 1. The van der Waals surface area contributed by atoms with Crippen LogP contribution in [0.15, 0.2) is 97.1 Å². The number of rotatable bonds is 6. The van der Waals surface area contributed by atoms with Crippen molar-refractivity contribution in [2.75, 3.05) is 6.54 Å². The number of esters is 1. The highest BCUT2D eigenvalue weighted by Crippen LogP contribution is 2.36. The van der Waals surface area contributed by atoms with Gasteiger partial charge in [-0.1, -0.05) is 72.3 Å². The van der Waals surface area contributed by atoms with E-state index in [-0.39, 0.29) is 35.7 Å². The number of carboxylic acids is 1. The van der Waals surface area contributed by atoms with Crippen molar-refractivity contribution in [3.8, 4) is 5.75 Å². The molecule has 0 bridgehead atoms. The van der Waals surface area contributed by atoms with Crippen LogP contribution in [0.25, 0.3) is 10.9 Å². The highest BCUT2D eigenvalue weighted by Gasteiger charge is 2.29. The van der Waals surface area contributed by atoms with E-state index in [1.807, 2.05) is 36.4 Å². The van der Waals surface area contributed by atoms with Crippen molar-refractivity contribution in [2.45, 2.75) is 19.4 Å². The van der Waals surface area contributed by atoms with E-state index in [2.05, 4.69) is 0 Å². The van der Waals surface area contributed by atoms with Crippen molar-refractivity contribution in [3.05, 3.63) is 141 Å². The van der Waals surface area contributed by atoms with Gasteiger partial charge in [0.05, 0.1) is 16.8 Å². The van der Waals surface area contributed by atoms with Gasteiger partial charge in [0.25, 0.3) is 5.91 Å². The zero-order valence-corrected chi connectivity index (χ0v) is 23.2. The Balaban J connectivity index is 1.50. The lowest BCUT2D eigenvalue weighted by Gasteiger charge is -2.30. The summed E-state index contributed by atoms with van der Waals surface area (Å²) in [5.41, 5.74) is 4.07. The van der Waals surface area contributed by atoms with Gasteiger partial charge in [-0.3, -0.25) is 4.79 Å². The molecule has 1 aromatic heterocycles. The van der Waals surface area contributed by atoms with Crippen LogP contribution in [-0.2, 0) is 19.4 Å². The summed E-state index contributed by atoms with van der Waals surface area (Å²) < 4.78 is 5.82. The number of nitrogens with zero attached hydrogens (tertiary/aromatic N) is 2. The molecule has 5 aromatic rings. The predicted molar refractivity (Wildman–Crippen MR) is 159 cm³/mol. The van der Waals surface area contributed by atoms with E-state index in [9.17, 15) is 19.5 Å². The van der Waals surface area contributed by atoms with Crippen LogP contribution >= 0.6 is 11.6 Å². The normalized spacial score (nSPS) is 12.5. The molecule has 0 saturated heterocycles. The summed E-state index contributed by atoms with van der Waals surface area (Å²) in [6.45, 7) is 0.804. The smallest absolute Gasteiger partial charge is 0.343 e. The average Bonchev–Trinajstić information content (AvgIpc) is 3.02. The van der Waals surface area contributed by atoms with Gasteiger partial charge in [0.1, 0.15) is 5.56 Å². The number of hydrogen-bond donors (Lipinski definition) is 1. The molecule has 0 atom stereocenters. The van der Waals surface area contributed by atoms with E-state index >= 15 is 0 Å². The molecule has 4 aromatic carbocycles. The van der Waals surface area contributed by atoms with Gasteiger partial charge >= 0.3 is 11.9 Å². The molecule has 42 heavy (non-hydrogen) atoms. The highest BCUT2D eigenvalue weighted by atomic mass is 35.5. The van der Waals surface area contributed by atoms with Gasteiger partial charge in [-0.05, 0) is 53.9 Å². The van der Waals surface area contributed by atoms with Crippen LogP contribution in [0.2, 0.25) is 5.02 Å². The molecule has 208 valence electrons. The fourth-order valence-electron chi connectivity index (χ4n) is 5.30. The number of aromatic nitrogens is 1. The Morgan fingerprint density at radius 3 is 2.19 bits per heavy atom. The number of pyridine rings is 1. The topological polar surface area (TPSA) is 96.8 Å². The molecule has 1 aliphatic heterocycles. The second-order valence-corrected chi connectivity index (χ2v) is 10.5. The summed E-state index contributed by atoms with van der Waals surface area (Å²) in [6, 6.07) is 28.1. The minimum absolute atomic E-state index is 0.105. The molecule has 6 rings (SSSR count). The maximum Gasteiger partial charge on any atom is 0.343 e. The predicted octanol–water partition coefficient (Wildman–Crippen LogP) is 6.59. The first-order valence-corrected chi connectivity index (χ1v) is 13.8. The van der Waals surface area contributed by atoms with Crippen LogP contribution < -0.4 is 4.74 Å². The van der Waals surface area contributed by atoms with Gasteiger partial charge in [-0.2, -0.15) is 0 Å². The van der Waals surface area contributed by atoms with E-state index < -0.39 is 11.9 Å². The maximum absolute atomic E-state index is 13.3. The number of hydrogen-bond acceptors (Lipinski definition) is 5. The summed E-state index contributed by atoms with van der Waals surface area (Å²) in [4.78, 5) is 46.0. The molecule has 0 spiro atoms. The molecule has 7 nitrogen and oxygen atoms in total. The first-order valence-electron chi connectivity index (χ1n) is 13.5. The largest absolute Gasteiger partial charge is 0.478 e. The van der Waals surface area contributed by atoms with Gasteiger partial charge < -0.3 is 14.7 Å². The molecular formula is C34H25ClN2O5. The monoisotopic (exact) mass is 576 g/mol. The van der Waals surface area contributed by atoms with Crippen molar-refractivity contribution in [1.82, 2.24) is 9.88 Å². The van der Waals surface area contributed by atoms with Crippen LogP contribution in [-0.4, -0.2) is 39.4 Å². The van der Waals surface area contributed by atoms with Crippen LogP contribution in [0, 0.1) is 0 Å². The second-order valence-electron chi connectivity index (χ2n) is 10.1. The van der Waals surface area contributed by atoms with E-state index in [4.69, 9.17) is 21.3 Å². The minimum atomic E-state index is -1.25. The van der Waals surface area contributed by atoms with E-state index in [1.54, 1.807) is 65.6 Å². The summed E-state index contributed by atoms with van der Waals surface area (Å²) in [5.74, 6) is -2.14. The molecule has 1 amide bonds. The fourth-order valence-corrected chi connectivity index (χ4v) is 5.42. The Morgan fingerprint density at radius 1 is 0.857 bits per heavy atom. The van der Waals surface area contributed by atoms with E-state index in [0.29, 0.717) is 40.1 Å². The number of halogens is 1. The standard InChI is InChI=1S/C34H25ClN2O5/c35-25-14-11-21(12-15-25)19-28-31(42-34(41)24-9-5-2-6-10-24)29(33(39)40)26-16-13-22-17-18-37(20-27(22)30(26)36-28)32(38)23-7-3-1-4-8-23/h1-16H,17-20H2,(H,39,40). The van der Waals surface area contributed by atoms with Gasteiger partial charge in [0, 0.05) is 41.0 Å². The van der Waals surface area contributed by atoms with Gasteiger partial charge in [0.15, 0.2) is 5.75 Å². The van der Waals surface area contributed by atoms with Crippen LogP contribution in [0.3, 0.4) is 0 Å². The first kappa shape index (κ1) is 27.2. The van der Waals surface area contributed by atoms with Crippen molar-refractivity contribution in [1.29, 1.82) is 0 Å². The number of carbonyl (C=O) groups excluding carboxylic acids is 2. The third-order valence-electron chi connectivity index (χ3n) is 7.40. The lowest BCUT2D eigenvalue weighted by Crippen LogP contribution is -2.36. The number of ether oxygens (including phenoxy) is 1. The Hall–Kier alpha value is -5.01. The molecule has 1 aliphatic rings. The van der Waals surface area contributed by atoms with E-state index in [0.717, 1.165) is 16.7 Å². The third kappa shape index (κ3) is 5.34. The molecule has 0 aliphatic carbocycles. The lowest BCUT2D eigenvalue weighted by molar-refractivity contribution is 0.0679. The Morgan fingerprint density at radius 2 is 1.52 bits per heavy atom. The zero-order chi connectivity index (χ0) is 29.2. The van der Waals surface area contributed by atoms with Crippen LogP contribution in [0.4, 0.5) is 0 Å². The minimum Gasteiger partial charge on any atom is -0.478 e.